The minimum Gasteiger partial charge on any atom is -0.393 e. The van der Waals surface area contributed by atoms with Crippen LogP contribution >= 0.6 is 0 Å². The zero-order chi connectivity index (χ0) is 10.1. The van der Waals surface area contributed by atoms with Crippen molar-refractivity contribution in [2.24, 2.45) is 5.92 Å². The molecule has 0 unspecified atom stereocenters. The molecule has 2 aliphatic carbocycles. The van der Waals surface area contributed by atoms with E-state index in [2.05, 4.69) is 5.32 Å². The van der Waals surface area contributed by atoms with E-state index in [0.717, 1.165) is 19.3 Å². The van der Waals surface area contributed by atoms with E-state index in [1.807, 2.05) is 0 Å². The van der Waals surface area contributed by atoms with E-state index in [-0.39, 0.29) is 18.1 Å². The highest BCUT2D eigenvalue weighted by Crippen LogP contribution is 2.34. The molecule has 0 heterocycles. The fraction of sp³-hybridized carbons (Fsp3) is 1.00. The Bertz CT molecular complexity index is 195. The fourth-order valence-corrected chi connectivity index (χ4v) is 2.45. The molecule has 2 aliphatic rings. The van der Waals surface area contributed by atoms with Crippen molar-refractivity contribution in [3.63, 3.8) is 0 Å². The SMILES string of the molecule is O[C@@H]1CC[C@H](NC2CC(C(F)F)C2)C1. The topological polar surface area (TPSA) is 32.3 Å². The van der Waals surface area contributed by atoms with Crippen molar-refractivity contribution < 1.29 is 13.9 Å². The van der Waals surface area contributed by atoms with Gasteiger partial charge in [0.25, 0.3) is 0 Å². The van der Waals surface area contributed by atoms with Crippen LogP contribution in [0.2, 0.25) is 0 Å². The maximum Gasteiger partial charge on any atom is 0.241 e. The first-order chi connectivity index (χ1) is 6.65. The van der Waals surface area contributed by atoms with Crippen LogP contribution in [-0.2, 0) is 0 Å². The number of nitrogens with one attached hydrogen (secondary N) is 1. The summed E-state index contributed by atoms with van der Waals surface area (Å²) in [4.78, 5) is 0. The van der Waals surface area contributed by atoms with E-state index in [4.69, 9.17) is 0 Å². The van der Waals surface area contributed by atoms with Crippen molar-refractivity contribution in [3.8, 4) is 0 Å². The van der Waals surface area contributed by atoms with Gasteiger partial charge in [-0.25, -0.2) is 8.78 Å². The van der Waals surface area contributed by atoms with Gasteiger partial charge in [0.05, 0.1) is 6.10 Å². The van der Waals surface area contributed by atoms with Crippen LogP contribution in [0, 0.1) is 5.92 Å². The summed E-state index contributed by atoms with van der Waals surface area (Å²) in [5.41, 5.74) is 0. The number of alkyl halides is 2. The Labute approximate surface area is 82.7 Å². The maximum atomic E-state index is 12.2. The fourth-order valence-electron chi connectivity index (χ4n) is 2.45. The molecule has 0 radical (unpaired) electrons. The van der Waals surface area contributed by atoms with E-state index in [0.29, 0.717) is 18.9 Å². The molecule has 2 saturated carbocycles. The molecule has 0 bridgehead atoms. The lowest BCUT2D eigenvalue weighted by Gasteiger charge is -2.37. The van der Waals surface area contributed by atoms with Gasteiger partial charge in [-0.15, -0.1) is 0 Å². The monoisotopic (exact) mass is 205 g/mol. The van der Waals surface area contributed by atoms with Gasteiger partial charge in [-0.2, -0.15) is 0 Å². The first-order valence-corrected chi connectivity index (χ1v) is 5.37. The number of rotatable bonds is 3. The Morgan fingerprint density at radius 3 is 2.29 bits per heavy atom. The number of halogens is 2. The molecule has 2 nitrogen and oxygen atoms in total. The Balaban J connectivity index is 1.64. The third-order valence-electron chi connectivity index (χ3n) is 3.41. The third kappa shape index (κ3) is 2.23. The predicted molar refractivity (Wildman–Crippen MR) is 49.3 cm³/mol. The number of hydrogen-bond donors (Lipinski definition) is 2. The van der Waals surface area contributed by atoms with Crippen molar-refractivity contribution in [2.75, 3.05) is 0 Å². The number of aliphatic hydroxyl groups excluding tert-OH is 1. The third-order valence-corrected chi connectivity index (χ3v) is 3.41. The van der Waals surface area contributed by atoms with Gasteiger partial charge < -0.3 is 10.4 Å². The van der Waals surface area contributed by atoms with Crippen molar-refractivity contribution in [3.05, 3.63) is 0 Å². The van der Waals surface area contributed by atoms with Gasteiger partial charge >= 0.3 is 0 Å². The Kier molecular flexibility index (Phi) is 3.02. The summed E-state index contributed by atoms with van der Waals surface area (Å²) in [6.07, 6.45) is 1.49. The van der Waals surface area contributed by atoms with E-state index >= 15 is 0 Å². The standard InChI is InChI=1S/C10H17F2NO/c11-10(12)6-3-8(4-6)13-7-1-2-9(14)5-7/h6-10,13-14H,1-5H2/t6?,7-,8?,9+/m0/s1. The second-order valence-electron chi connectivity index (χ2n) is 4.59. The van der Waals surface area contributed by atoms with Crippen LogP contribution in [0.4, 0.5) is 8.78 Å². The molecule has 0 amide bonds. The van der Waals surface area contributed by atoms with Gasteiger partial charge in [0.1, 0.15) is 0 Å². The van der Waals surface area contributed by atoms with Crippen LogP contribution in [-0.4, -0.2) is 29.7 Å². The van der Waals surface area contributed by atoms with Gasteiger partial charge in [-0.05, 0) is 32.1 Å². The molecular formula is C10H17F2NO. The number of aliphatic hydroxyl groups is 1. The highest BCUT2D eigenvalue weighted by molar-refractivity contribution is 4.91. The Hall–Kier alpha value is -0.220. The van der Waals surface area contributed by atoms with E-state index in [1.54, 1.807) is 0 Å². The minimum absolute atomic E-state index is 0.182. The average Bonchev–Trinajstić information content (AvgIpc) is 2.42. The van der Waals surface area contributed by atoms with E-state index in [9.17, 15) is 13.9 Å². The summed E-state index contributed by atoms with van der Waals surface area (Å²) in [5.74, 6) is -0.390. The maximum absolute atomic E-state index is 12.2. The molecule has 2 N–H and O–H groups in total. The molecule has 0 spiro atoms. The Morgan fingerprint density at radius 2 is 1.79 bits per heavy atom. The number of hydrogen-bond acceptors (Lipinski definition) is 2. The molecular weight excluding hydrogens is 188 g/mol. The first-order valence-electron chi connectivity index (χ1n) is 5.37. The highest BCUT2D eigenvalue weighted by Gasteiger charge is 2.37. The lowest BCUT2D eigenvalue weighted by atomic mass is 9.80. The van der Waals surface area contributed by atoms with Crippen molar-refractivity contribution >= 4 is 0 Å². The van der Waals surface area contributed by atoms with Crippen LogP contribution in [0.15, 0.2) is 0 Å². The van der Waals surface area contributed by atoms with E-state index < -0.39 is 6.43 Å². The molecule has 14 heavy (non-hydrogen) atoms. The van der Waals surface area contributed by atoms with Crippen LogP contribution in [0.1, 0.15) is 32.1 Å². The molecule has 2 atom stereocenters. The van der Waals surface area contributed by atoms with Gasteiger partial charge in [0.15, 0.2) is 0 Å². The van der Waals surface area contributed by atoms with Crippen LogP contribution in [0.3, 0.4) is 0 Å². The van der Waals surface area contributed by atoms with Crippen LogP contribution < -0.4 is 5.32 Å². The second-order valence-corrected chi connectivity index (χ2v) is 4.59. The zero-order valence-electron chi connectivity index (χ0n) is 8.13. The molecule has 82 valence electrons. The van der Waals surface area contributed by atoms with Gasteiger partial charge in [0, 0.05) is 18.0 Å². The molecule has 0 saturated heterocycles. The van der Waals surface area contributed by atoms with Crippen molar-refractivity contribution in [1.29, 1.82) is 0 Å². The van der Waals surface area contributed by atoms with Crippen LogP contribution in [0.5, 0.6) is 0 Å². The first kappa shape index (κ1) is 10.3. The quantitative estimate of drug-likeness (QED) is 0.732. The lowest BCUT2D eigenvalue weighted by molar-refractivity contribution is 0.0131. The largest absolute Gasteiger partial charge is 0.393 e. The normalized spacial score (nSPS) is 42.9. The summed E-state index contributed by atoms with van der Waals surface area (Å²) >= 11 is 0. The van der Waals surface area contributed by atoms with E-state index in [1.165, 1.54) is 0 Å². The highest BCUT2D eigenvalue weighted by atomic mass is 19.3. The van der Waals surface area contributed by atoms with Crippen molar-refractivity contribution in [2.45, 2.75) is 56.7 Å². The molecule has 0 aromatic rings. The average molecular weight is 205 g/mol. The summed E-state index contributed by atoms with van der Waals surface area (Å²) in [6, 6.07) is 0.623. The summed E-state index contributed by atoms with van der Waals surface area (Å²) in [6.45, 7) is 0. The van der Waals surface area contributed by atoms with Crippen LogP contribution in [0.25, 0.3) is 0 Å². The zero-order valence-corrected chi connectivity index (χ0v) is 8.13. The summed E-state index contributed by atoms with van der Waals surface area (Å²) < 4.78 is 24.3. The Morgan fingerprint density at radius 1 is 1.07 bits per heavy atom. The second kappa shape index (κ2) is 4.11. The van der Waals surface area contributed by atoms with Gasteiger partial charge in [0.2, 0.25) is 6.43 Å². The molecule has 4 heteroatoms. The summed E-state index contributed by atoms with van der Waals surface area (Å²) in [5, 5.41) is 12.6. The minimum atomic E-state index is -2.15. The van der Waals surface area contributed by atoms with Crippen molar-refractivity contribution in [1.82, 2.24) is 5.32 Å². The molecule has 0 aliphatic heterocycles. The lowest BCUT2D eigenvalue weighted by Crippen LogP contribution is -2.47. The molecule has 2 rings (SSSR count). The molecule has 0 aromatic heterocycles. The smallest absolute Gasteiger partial charge is 0.241 e. The molecule has 2 fully saturated rings. The molecule has 0 aromatic carbocycles. The summed E-state index contributed by atoms with van der Waals surface area (Å²) in [7, 11) is 0. The van der Waals surface area contributed by atoms with Gasteiger partial charge in [-0.3, -0.25) is 0 Å². The van der Waals surface area contributed by atoms with Gasteiger partial charge in [-0.1, -0.05) is 0 Å². The predicted octanol–water partition coefficient (Wildman–Crippen LogP) is 1.53.